The standard InChI is InChI=1S/C14H17N3O4/c1-2-17-3-4-20-12(8-17)13-15-14(21-16-13)9-5-10(18)7-11(19)6-9/h5-7,12,18-19H,2-4,8H2,1H3. The van der Waals surface area contributed by atoms with Crippen LogP contribution >= 0.6 is 0 Å². The molecule has 2 heterocycles. The normalized spacial score (nSPS) is 19.8. The van der Waals surface area contributed by atoms with Gasteiger partial charge in [-0.05, 0) is 18.7 Å². The van der Waals surface area contributed by atoms with E-state index in [1.165, 1.54) is 18.2 Å². The zero-order chi connectivity index (χ0) is 14.8. The molecule has 0 aliphatic carbocycles. The van der Waals surface area contributed by atoms with E-state index in [-0.39, 0.29) is 23.5 Å². The van der Waals surface area contributed by atoms with E-state index in [1.54, 1.807) is 0 Å². The second-order valence-electron chi connectivity index (χ2n) is 4.95. The third-order valence-corrected chi connectivity index (χ3v) is 3.48. The molecule has 7 heteroatoms. The van der Waals surface area contributed by atoms with Crippen molar-refractivity contribution in [3.05, 3.63) is 24.0 Å². The number of hydrogen-bond donors (Lipinski definition) is 2. The summed E-state index contributed by atoms with van der Waals surface area (Å²) in [7, 11) is 0. The van der Waals surface area contributed by atoms with Gasteiger partial charge in [-0.25, -0.2) is 0 Å². The number of nitrogens with zero attached hydrogens (tertiary/aromatic N) is 3. The third kappa shape index (κ3) is 2.98. The Morgan fingerprint density at radius 3 is 2.76 bits per heavy atom. The van der Waals surface area contributed by atoms with Gasteiger partial charge < -0.3 is 19.5 Å². The molecule has 0 bridgehead atoms. The number of aromatic nitrogens is 2. The van der Waals surface area contributed by atoms with Crippen LogP contribution in [0.15, 0.2) is 22.7 Å². The Balaban J connectivity index is 1.82. The second-order valence-corrected chi connectivity index (χ2v) is 4.95. The molecule has 1 aromatic carbocycles. The summed E-state index contributed by atoms with van der Waals surface area (Å²) in [5.74, 6) is 0.603. The largest absolute Gasteiger partial charge is 0.508 e. The lowest BCUT2D eigenvalue weighted by Gasteiger charge is -2.30. The quantitative estimate of drug-likeness (QED) is 0.886. The number of morpholine rings is 1. The highest BCUT2D eigenvalue weighted by molar-refractivity contribution is 5.58. The number of ether oxygens (including phenoxy) is 1. The van der Waals surface area contributed by atoms with Crippen LogP contribution in [0, 0.1) is 0 Å². The second kappa shape index (κ2) is 5.71. The van der Waals surface area contributed by atoms with Crippen LogP contribution in [0.4, 0.5) is 0 Å². The van der Waals surface area contributed by atoms with Gasteiger partial charge in [0.05, 0.1) is 6.61 Å². The van der Waals surface area contributed by atoms with Crippen molar-refractivity contribution in [2.24, 2.45) is 0 Å². The maximum Gasteiger partial charge on any atom is 0.258 e. The van der Waals surface area contributed by atoms with E-state index in [0.717, 1.165) is 19.6 Å². The van der Waals surface area contributed by atoms with Crippen molar-refractivity contribution in [2.75, 3.05) is 26.2 Å². The minimum absolute atomic E-state index is 0.0594. The fourth-order valence-electron chi connectivity index (χ4n) is 2.35. The summed E-state index contributed by atoms with van der Waals surface area (Å²) in [4.78, 5) is 6.56. The van der Waals surface area contributed by atoms with Gasteiger partial charge in [0.1, 0.15) is 17.6 Å². The monoisotopic (exact) mass is 291 g/mol. The minimum atomic E-state index is -0.220. The topological polar surface area (TPSA) is 91.9 Å². The van der Waals surface area contributed by atoms with E-state index >= 15 is 0 Å². The molecule has 1 aliphatic rings. The molecule has 21 heavy (non-hydrogen) atoms. The fraction of sp³-hybridized carbons (Fsp3) is 0.429. The van der Waals surface area contributed by atoms with Crippen LogP contribution in [0.2, 0.25) is 0 Å². The average Bonchev–Trinajstić information content (AvgIpc) is 2.96. The lowest BCUT2D eigenvalue weighted by atomic mass is 10.2. The van der Waals surface area contributed by atoms with Gasteiger partial charge in [-0.2, -0.15) is 4.98 Å². The van der Waals surface area contributed by atoms with E-state index in [1.807, 2.05) is 0 Å². The van der Waals surface area contributed by atoms with Crippen molar-refractivity contribution in [3.8, 4) is 23.0 Å². The summed E-state index contributed by atoms with van der Waals surface area (Å²) in [6.45, 7) is 5.30. The SMILES string of the molecule is CCN1CCOC(c2noc(-c3cc(O)cc(O)c3)n2)C1. The highest BCUT2D eigenvalue weighted by Gasteiger charge is 2.25. The summed E-state index contributed by atoms with van der Waals surface area (Å²) in [6, 6.07) is 4.15. The van der Waals surface area contributed by atoms with Crippen LogP contribution in [0.1, 0.15) is 18.9 Å². The Morgan fingerprint density at radius 1 is 1.29 bits per heavy atom. The summed E-state index contributed by atoms with van der Waals surface area (Å²) in [5.41, 5.74) is 0.467. The Labute approximate surface area is 121 Å². The van der Waals surface area contributed by atoms with Gasteiger partial charge in [0.15, 0.2) is 0 Å². The Bertz CT molecular complexity index is 608. The molecular weight excluding hydrogens is 274 g/mol. The molecule has 112 valence electrons. The van der Waals surface area contributed by atoms with Gasteiger partial charge in [0.2, 0.25) is 5.82 Å². The predicted octanol–water partition coefficient (Wildman–Crippen LogP) is 1.54. The molecule has 3 rings (SSSR count). The summed E-state index contributed by atoms with van der Waals surface area (Å²) in [5, 5.41) is 22.9. The summed E-state index contributed by atoms with van der Waals surface area (Å²) in [6.07, 6.45) is -0.220. The molecule has 0 radical (unpaired) electrons. The molecule has 0 amide bonds. The summed E-state index contributed by atoms with van der Waals surface area (Å²) < 4.78 is 10.9. The molecule has 2 N–H and O–H groups in total. The molecule has 1 unspecified atom stereocenters. The maximum absolute atomic E-state index is 9.50. The molecule has 1 aliphatic heterocycles. The van der Waals surface area contributed by atoms with Crippen LogP contribution in [-0.2, 0) is 4.74 Å². The zero-order valence-corrected chi connectivity index (χ0v) is 11.7. The molecule has 1 saturated heterocycles. The van der Waals surface area contributed by atoms with Crippen molar-refractivity contribution < 1.29 is 19.5 Å². The van der Waals surface area contributed by atoms with Crippen molar-refractivity contribution in [1.82, 2.24) is 15.0 Å². The van der Waals surface area contributed by atoms with Gasteiger partial charge in [0, 0.05) is 24.7 Å². The minimum Gasteiger partial charge on any atom is -0.508 e. The van der Waals surface area contributed by atoms with Gasteiger partial charge in [-0.15, -0.1) is 0 Å². The highest BCUT2D eigenvalue weighted by Crippen LogP contribution is 2.29. The molecule has 2 aromatic rings. The van der Waals surface area contributed by atoms with Gasteiger partial charge >= 0.3 is 0 Å². The third-order valence-electron chi connectivity index (χ3n) is 3.48. The first-order valence-corrected chi connectivity index (χ1v) is 6.86. The smallest absolute Gasteiger partial charge is 0.258 e. The maximum atomic E-state index is 9.50. The number of aromatic hydroxyl groups is 2. The van der Waals surface area contributed by atoms with E-state index in [4.69, 9.17) is 9.26 Å². The predicted molar refractivity (Wildman–Crippen MR) is 73.9 cm³/mol. The number of likely N-dealkylation sites (N-methyl/N-ethyl adjacent to an activating group) is 1. The van der Waals surface area contributed by atoms with Gasteiger partial charge in [-0.3, -0.25) is 4.90 Å². The van der Waals surface area contributed by atoms with Crippen molar-refractivity contribution in [3.63, 3.8) is 0 Å². The number of phenolic OH excluding ortho intramolecular Hbond substituents is 2. The van der Waals surface area contributed by atoms with Crippen molar-refractivity contribution in [1.29, 1.82) is 0 Å². The number of phenols is 2. The van der Waals surface area contributed by atoms with Crippen LogP contribution in [0.3, 0.4) is 0 Å². The van der Waals surface area contributed by atoms with Crippen molar-refractivity contribution >= 4 is 0 Å². The van der Waals surface area contributed by atoms with Crippen molar-refractivity contribution in [2.45, 2.75) is 13.0 Å². The summed E-state index contributed by atoms with van der Waals surface area (Å²) >= 11 is 0. The van der Waals surface area contributed by atoms with E-state index < -0.39 is 0 Å². The van der Waals surface area contributed by atoms with Crippen LogP contribution in [0.5, 0.6) is 11.5 Å². The molecular formula is C14H17N3O4. The fourth-order valence-corrected chi connectivity index (χ4v) is 2.35. The average molecular weight is 291 g/mol. The molecule has 1 aromatic heterocycles. The van der Waals surface area contributed by atoms with Gasteiger partial charge in [-0.1, -0.05) is 12.1 Å². The Morgan fingerprint density at radius 2 is 2.05 bits per heavy atom. The first-order chi connectivity index (χ1) is 10.2. The lowest BCUT2D eigenvalue weighted by Crippen LogP contribution is -2.38. The molecule has 0 spiro atoms. The molecule has 7 nitrogen and oxygen atoms in total. The van der Waals surface area contributed by atoms with Crippen LogP contribution < -0.4 is 0 Å². The Kier molecular flexibility index (Phi) is 3.76. The first kappa shape index (κ1) is 13.8. The van der Waals surface area contributed by atoms with Crippen LogP contribution in [0.25, 0.3) is 11.5 Å². The van der Waals surface area contributed by atoms with E-state index in [0.29, 0.717) is 18.0 Å². The number of rotatable bonds is 3. The molecule has 1 fully saturated rings. The molecule has 1 atom stereocenters. The van der Waals surface area contributed by atoms with Gasteiger partial charge in [0.25, 0.3) is 5.89 Å². The lowest BCUT2D eigenvalue weighted by molar-refractivity contribution is -0.0334. The van der Waals surface area contributed by atoms with Crippen LogP contribution in [-0.4, -0.2) is 51.5 Å². The number of benzene rings is 1. The first-order valence-electron chi connectivity index (χ1n) is 6.86. The molecule has 0 saturated carbocycles. The number of hydrogen-bond acceptors (Lipinski definition) is 7. The Hall–Kier alpha value is -2.12. The van der Waals surface area contributed by atoms with E-state index in [9.17, 15) is 10.2 Å². The van der Waals surface area contributed by atoms with E-state index in [2.05, 4.69) is 22.0 Å². The highest BCUT2D eigenvalue weighted by atomic mass is 16.5. The zero-order valence-electron chi connectivity index (χ0n) is 11.7.